The minimum absolute atomic E-state index is 0.143. The molecule has 0 fully saturated rings. The molecule has 2 heterocycles. The average Bonchev–Trinajstić information content (AvgIpc) is 3.02. The highest BCUT2D eigenvalue weighted by molar-refractivity contribution is 7.16. The van der Waals surface area contributed by atoms with E-state index in [1.54, 1.807) is 6.07 Å². The van der Waals surface area contributed by atoms with Gasteiger partial charge in [0.05, 0.1) is 4.92 Å². The first-order valence-electron chi connectivity index (χ1n) is 5.63. The number of thiophene rings is 1. The number of nitro groups is 1. The Bertz CT molecular complexity index is 737. The van der Waals surface area contributed by atoms with Crippen molar-refractivity contribution in [3.8, 4) is 0 Å². The second kappa shape index (κ2) is 4.70. The van der Waals surface area contributed by atoms with Crippen molar-refractivity contribution in [1.82, 2.24) is 0 Å². The molecule has 0 N–H and O–H groups in total. The fourth-order valence-corrected chi connectivity index (χ4v) is 2.50. The van der Waals surface area contributed by atoms with Gasteiger partial charge in [-0.25, -0.2) is 0 Å². The van der Waals surface area contributed by atoms with E-state index in [0.29, 0.717) is 0 Å². The number of nitrogens with zero attached hydrogens (tertiary/aromatic N) is 1. The number of benzene rings is 1. The number of hydrogen-bond donors (Lipinski definition) is 0. The lowest BCUT2D eigenvalue weighted by Crippen LogP contribution is -1.80. The van der Waals surface area contributed by atoms with Crippen LogP contribution in [0.2, 0.25) is 0 Å². The Morgan fingerprint density at radius 1 is 1.16 bits per heavy atom. The molecule has 0 atom stereocenters. The number of hydrogen-bond acceptors (Lipinski definition) is 4. The maximum Gasteiger partial charge on any atom is 0.324 e. The lowest BCUT2D eigenvalue weighted by Gasteiger charge is -1.84. The van der Waals surface area contributed by atoms with Gasteiger partial charge in [0.1, 0.15) is 11.3 Å². The average molecular weight is 271 g/mol. The number of rotatable bonds is 3. The third kappa shape index (κ3) is 2.41. The molecule has 5 heteroatoms. The topological polar surface area (TPSA) is 56.3 Å². The molecule has 0 aliphatic carbocycles. The molecule has 2 aromatic heterocycles. The van der Waals surface area contributed by atoms with Crippen molar-refractivity contribution in [2.75, 3.05) is 0 Å². The van der Waals surface area contributed by atoms with Gasteiger partial charge >= 0.3 is 5.00 Å². The van der Waals surface area contributed by atoms with Gasteiger partial charge in [0.2, 0.25) is 0 Å². The van der Waals surface area contributed by atoms with Crippen LogP contribution in [0.3, 0.4) is 0 Å². The third-order valence-corrected chi connectivity index (χ3v) is 3.65. The highest BCUT2D eigenvalue weighted by Gasteiger charge is 2.07. The summed E-state index contributed by atoms with van der Waals surface area (Å²) in [7, 11) is 0. The largest absolute Gasteiger partial charge is 0.457 e. The summed E-state index contributed by atoms with van der Waals surface area (Å²) in [6.07, 6.45) is 3.63. The Morgan fingerprint density at radius 3 is 2.74 bits per heavy atom. The zero-order chi connectivity index (χ0) is 13.2. The predicted octanol–water partition coefficient (Wildman–Crippen LogP) is 4.57. The van der Waals surface area contributed by atoms with Gasteiger partial charge in [-0.2, -0.15) is 0 Å². The second-order valence-electron chi connectivity index (χ2n) is 3.95. The van der Waals surface area contributed by atoms with Crippen molar-refractivity contribution >= 4 is 39.5 Å². The molecule has 0 bridgehead atoms. The van der Waals surface area contributed by atoms with Crippen molar-refractivity contribution in [3.05, 3.63) is 63.2 Å². The summed E-state index contributed by atoms with van der Waals surface area (Å²) in [5.41, 5.74) is 0.833. The van der Waals surface area contributed by atoms with Crippen LogP contribution in [0, 0.1) is 10.1 Å². The summed E-state index contributed by atoms with van der Waals surface area (Å²) in [6, 6.07) is 12.9. The molecule has 0 unspecified atom stereocenters. The first kappa shape index (κ1) is 11.7. The van der Waals surface area contributed by atoms with Crippen LogP contribution in [0.25, 0.3) is 23.1 Å². The highest BCUT2D eigenvalue weighted by atomic mass is 32.1. The maximum atomic E-state index is 10.6. The van der Waals surface area contributed by atoms with E-state index in [1.807, 2.05) is 42.5 Å². The van der Waals surface area contributed by atoms with E-state index in [0.717, 1.165) is 32.9 Å². The second-order valence-corrected chi connectivity index (χ2v) is 5.05. The highest BCUT2D eigenvalue weighted by Crippen LogP contribution is 2.26. The van der Waals surface area contributed by atoms with Gasteiger partial charge in [-0.1, -0.05) is 29.5 Å². The van der Waals surface area contributed by atoms with Crippen molar-refractivity contribution in [2.24, 2.45) is 0 Å². The summed E-state index contributed by atoms with van der Waals surface area (Å²) in [5, 5.41) is 11.8. The molecule has 0 saturated heterocycles. The molecule has 0 spiro atoms. The van der Waals surface area contributed by atoms with E-state index < -0.39 is 0 Å². The van der Waals surface area contributed by atoms with Gasteiger partial charge in [0.25, 0.3) is 0 Å². The molecule has 4 nitrogen and oxygen atoms in total. The van der Waals surface area contributed by atoms with Gasteiger partial charge in [-0.15, -0.1) is 0 Å². The van der Waals surface area contributed by atoms with Crippen molar-refractivity contribution < 1.29 is 9.34 Å². The zero-order valence-electron chi connectivity index (χ0n) is 9.78. The zero-order valence-corrected chi connectivity index (χ0v) is 10.6. The molecule has 0 aliphatic heterocycles. The molecule has 19 heavy (non-hydrogen) atoms. The summed E-state index contributed by atoms with van der Waals surface area (Å²) < 4.78 is 5.63. The molecular formula is C14H9NO3S. The van der Waals surface area contributed by atoms with Gasteiger partial charge < -0.3 is 4.42 Å². The van der Waals surface area contributed by atoms with Crippen molar-refractivity contribution in [1.29, 1.82) is 0 Å². The maximum absolute atomic E-state index is 10.6. The summed E-state index contributed by atoms with van der Waals surface area (Å²) in [6.45, 7) is 0. The molecule has 1 aromatic carbocycles. The van der Waals surface area contributed by atoms with E-state index in [1.165, 1.54) is 6.07 Å². The summed E-state index contributed by atoms with van der Waals surface area (Å²) in [4.78, 5) is 11.0. The Balaban J connectivity index is 1.86. The van der Waals surface area contributed by atoms with Crippen molar-refractivity contribution in [2.45, 2.75) is 0 Å². The molecule has 0 aliphatic rings. The Kier molecular flexibility index (Phi) is 2.89. The molecule has 3 aromatic rings. The first-order chi connectivity index (χ1) is 9.22. The van der Waals surface area contributed by atoms with Crippen molar-refractivity contribution in [3.63, 3.8) is 0 Å². The van der Waals surface area contributed by atoms with E-state index in [2.05, 4.69) is 0 Å². The van der Waals surface area contributed by atoms with E-state index in [-0.39, 0.29) is 9.92 Å². The lowest BCUT2D eigenvalue weighted by molar-refractivity contribution is -0.380. The molecule has 0 radical (unpaired) electrons. The molecule has 94 valence electrons. The SMILES string of the molecule is O=[N+]([O-])c1ccc(/C=C/c2cc3ccccc3o2)s1. The predicted molar refractivity (Wildman–Crippen MR) is 76.1 cm³/mol. The van der Waals surface area contributed by atoms with E-state index in [4.69, 9.17) is 4.42 Å². The quantitative estimate of drug-likeness (QED) is 0.517. The van der Waals surface area contributed by atoms with Crippen LogP contribution < -0.4 is 0 Å². The molecular weight excluding hydrogens is 262 g/mol. The van der Waals surface area contributed by atoms with Gasteiger partial charge in [-0.05, 0) is 30.4 Å². The Labute approximate surface area is 112 Å². The molecule has 0 amide bonds. The smallest absolute Gasteiger partial charge is 0.324 e. The fraction of sp³-hybridized carbons (Fsp3) is 0. The van der Waals surface area contributed by atoms with Crippen LogP contribution in [0.4, 0.5) is 5.00 Å². The normalized spacial score (nSPS) is 11.4. The van der Waals surface area contributed by atoms with Crippen LogP contribution in [-0.2, 0) is 0 Å². The van der Waals surface area contributed by atoms with Crippen LogP contribution in [0.1, 0.15) is 10.6 Å². The minimum Gasteiger partial charge on any atom is -0.457 e. The number of para-hydroxylation sites is 1. The van der Waals surface area contributed by atoms with Gasteiger partial charge in [-0.3, -0.25) is 10.1 Å². The minimum atomic E-state index is -0.386. The summed E-state index contributed by atoms with van der Waals surface area (Å²) >= 11 is 1.14. The first-order valence-corrected chi connectivity index (χ1v) is 6.45. The molecule has 0 saturated carbocycles. The standard InChI is InChI=1S/C14H9NO3S/c16-15(17)14-8-7-12(19-14)6-5-11-9-10-3-1-2-4-13(10)18-11/h1-9H/b6-5+. The van der Waals surface area contributed by atoms with E-state index >= 15 is 0 Å². The third-order valence-electron chi connectivity index (χ3n) is 2.65. The van der Waals surface area contributed by atoms with Crippen LogP contribution in [-0.4, -0.2) is 4.92 Å². The van der Waals surface area contributed by atoms with E-state index in [9.17, 15) is 10.1 Å². The Morgan fingerprint density at radius 2 is 2.00 bits per heavy atom. The van der Waals surface area contributed by atoms with Gasteiger partial charge in [0, 0.05) is 16.3 Å². The molecule has 3 rings (SSSR count). The fourth-order valence-electron chi connectivity index (χ4n) is 1.78. The van der Waals surface area contributed by atoms with Crippen LogP contribution in [0.5, 0.6) is 0 Å². The van der Waals surface area contributed by atoms with Crippen LogP contribution >= 0.6 is 11.3 Å². The Hall–Kier alpha value is -2.40. The summed E-state index contributed by atoms with van der Waals surface area (Å²) in [5.74, 6) is 0.734. The lowest BCUT2D eigenvalue weighted by atomic mass is 10.2. The van der Waals surface area contributed by atoms with Crippen LogP contribution in [0.15, 0.2) is 46.9 Å². The monoisotopic (exact) mass is 271 g/mol. The number of fused-ring (bicyclic) bond motifs is 1. The number of furan rings is 1. The van der Waals surface area contributed by atoms with Gasteiger partial charge in [0.15, 0.2) is 0 Å².